The van der Waals surface area contributed by atoms with Gasteiger partial charge >= 0.3 is 17.9 Å². The van der Waals surface area contributed by atoms with Gasteiger partial charge in [0.05, 0.1) is 25.7 Å². The highest BCUT2D eigenvalue weighted by atomic mass is 16.4. The van der Waals surface area contributed by atoms with Crippen LogP contribution in [0.15, 0.2) is 4.99 Å². The molecule has 7 amide bonds. The molecule has 0 aromatic heterocycles. The van der Waals surface area contributed by atoms with Crippen LogP contribution in [0.3, 0.4) is 0 Å². The van der Waals surface area contributed by atoms with E-state index in [9.17, 15) is 68.4 Å². The molecule has 1 saturated heterocycles. The number of hydrogen-bond acceptors (Lipinski definition) is 14. The Morgan fingerprint density at radius 2 is 1.25 bits per heavy atom. The van der Waals surface area contributed by atoms with E-state index >= 15 is 0 Å². The van der Waals surface area contributed by atoms with E-state index in [2.05, 4.69) is 47.5 Å². The molecular weight excluding hydrogens is 788 g/mol. The van der Waals surface area contributed by atoms with Gasteiger partial charge in [0.15, 0.2) is 11.9 Å². The number of aliphatic imine (C=N–C) groups is 1. The first kappa shape index (κ1) is 50.9. The van der Waals surface area contributed by atoms with Crippen LogP contribution in [0.2, 0.25) is 0 Å². The molecule has 18 N–H and O–H groups in total. The average Bonchev–Trinajstić information content (AvgIpc) is 3.72. The zero-order valence-electron chi connectivity index (χ0n) is 32.3. The second kappa shape index (κ2) is 27.5. The van der Waals surface area contributed by atoms with E-state index < -0.39 is 134 Å². The number of rotatable bonds is 29. The summed E-state index contributed by atoms with van der Waals surface area (Å²) < 4.78 is 0. The molecule has 0 bridgehead atoms. The third kappa shape index (κ3) is 20.7. The van der Waals surface area contributed by atoms with Crippen molar-refractivity contribution in [3.05, 3.63) is 0 Å². The van der Waals surface area contributed by atoms with E-state index in [1.807, 2.05) is 0 Å². The normalized spacial score (nSPS) is 15.7. The van der Waals surface area contributed by atoms with Gasteiger partial charge in [-0.2, -0.15) is 0 Å². The van der Waals surface area contributed by atoms with E-state index in [-0.39, 0.29) is 38.3 Å². The summed E-state index contributed by atoms with van der Waals surface area (Å²) in [6.07, 6.45) is 0.963. The van der Waals surface area contributed by atoms with Crippen molar-refractivity contribution in [3.63, 3.8) is 0 Å². The van der Waals surface area contributed by atoms with E-state index in [0.29, 0.717) is 32.2 Å². The molecule has 0 saturated carbocycles. The Hall–Kier alpha value is -6.15. The number of unbranched alkanes of at least 4 members (excludes halogenated alkanes) is 1. The maximum absolute atomic E-state index is 13.1. The number of nitrogens with two attached hydrogens (primary N) is 3. The Morgan fingerprint density at radius 3 is 1.76 bits per heavy atom. The van der Waals surface area contributed by atoms with Gasteiger partial charge in [-0.05, 0) is 64.5 Å². The van der Waals surface area contributed by atoms with Gasteiger partial charge in [0.2, 0.25) is 41.4 Å². The molecule has 26 nitrogen and oxygen atoms in total. The lowest BCUT2D eigenvalue weighted by Gasteiger charge is -2.22. The van der Waals surface area contributed by atoms with Crippen LogP contribution in [0.25, 0.3) is 0 Å². The fraction of sp³-hybridized carbons (Fsp3) is 0.667. The van der Waals surface area contributed by atoms with E-state index in [1.54, 1.807) is 0 Å². The Morgan fingerprint density at radius 1 is 0.678 bits per heavy atom. The van der Waals surface area contributed by atoms with Gasteiger partial charge in [-0.3, -0.25) is 48.1 Å². The van der Waals surface area contributed by atoms with E-state index in [1.165, 1.54) is 0 Å². The van der Waals surface area contributed by atoms with Crippen molar-refractivity contribution in [3.8, 4) is 0 Å². The van der Waals surface area contributed by atoms with Crippen molar-refractivity contribution in [1.29, 1.82) is 0 Å². The van der Waals surface area contributed by atoms with Crippen molar-refractivity contribution >= 4 is 65.2 Å². The SMILES string of the molecule is NCCCC[C@H](NC(=O)CNC(=O)[C@H](CCC(=O)O)NC(=O)[C@H](CNC(=O)[C@H](CO)NC(=O)[C@@H]1CCCN1)C(=O)O)C(=O)NCC(=O)N[C@@H](CCCN=C(N)N)C(=O)O. The van der Waals surface area contributed by atoms with Gasteiger partial charge < -0.3 is 80.2 Å². The summed E-state index contributed by atoms with van der Waals surface area (Å²) in [4.78, 5) is 128. The molecule has 0 aromatic carbocycles. The summed E-state index contributed by atoms with van der Waals surface area (Å²) in [5, 5.41) is 56.5. The lowest BCUT2D eigenvalue weighted by atomic mass is 10.1. The number of carbonyl (C=O) groups excluding carboxylic acids is 7. The fourth-order valence-electron chi connectivity index (χ4n) is 5.40. The molecule has 0 aromatic rings. The number of guanidine groups is 1. The van der Waals surface area contributed by atoms with Crippen LogP contribution >= 0.6 is 0 Å². The minimum absolute atomic E-state index is 0.0268. The van der Waals surface area contributed by atoms with E-state index in [0.717, 1.165) is 0 Å². The molecule has 0 aliphatic carbocycles. The summed E-state index contributed by atoms with van der Waals surface area (Å²) in [7, 11) is 0. The standard InChI is InChI=1S/C33H56N12O14/c34-10-2-1-5-19(27(52)40-15-24(48)43-21(32(58)59)7-4-12-38-33(35)36)42-23(47)14-41-28(53)20(8-9-25(49)50)44-26(51)17(31(56)57)13-39-29(54)22(16-46)45-30(55)18-6-3-11-37-18/h17-22,37,46H,1-16,34H2,(H,39,54)(H,40,52)(H,41,53)(H,42,47)(H,43,48)(H,44,51)(H,45,55)(H,49,50)(H,56,57)(H,58,59)(H4,35,36,38)/t17-,18-,19-,20-,21-,22-/m0/s1. The van der Waals surface area contributed by atoms with Gasteiger partial charge in [0.25, 0.3) is 0 Å². The lowest BCUT2D eigenvalue weighted by molar-refractivity contribution is -0.148. The van der Waals surface area contributed by atoms with Crippen molar-refractivity contribution in [1.82, 2.24) is 42.5 Å². The Balaban J connectivity index is 2.88. The molecule has 1 rings (SSSR count). The van der Waals surface area contributed by atoms with Crippen molar-refractivity contribution in [2.75, 3.05) is 45.9 Å². The number of aliphatic carboxylic acids is 3. The number of aliphatic hydroxyl groups excluding tert-OH is 1. The number of aliphatic hydroxyl groups is 1. The molecule has 0 radical (unpaired) electrons. The summed E-state index contributed by atoms with van der Waals surface area (Å²) in [5.41, 5.74) is 16.0. The number of hydrogen-bond donors (Lipinski definition) is 15. The molecule has 1 fully saturated rings. The maximum atomic E-state index is 13.1. The minimum atomic E-state index is -2.03. The zero-order chi connectivity index (χ0) is 44.5. The first-order valence-corrected chi connectivity index (χ1v) is 18.7. The largest absolute Gasteiger partial charge is 0.481 e. The molecule has 0 unspecified atom stereocenters. The van der Waals surface area contributed by atoms with Crippen molar-refractivity contribution in [2.45, 2.75) is 88.0 Å². The third-order valence-electron chi connectivity index (χ3n) is 8.59. The van der Waals surface area contributed by atoms with Gasteiger partial charge in [-0.25, -0.2) is 4.79 Å². The molecule has 0 spiro atoms. The molecule has 332 valence electrons. The second-order valence-electron chi connectivity index (χ2n) is 13.3. The first-order valence-electron chi connectivity index (χ1n) is 18.7. The van der Waals surface area contributed by atoms with Gasteiger partial charge in [-0.1, -0.05) is 0 Å². The Kier molecular flexibility index (Phi) is 23.7. The molecule has 1 aliphatic heterocycles. The number of carbonyl (C=O) groups is 10. The predicted molar refractivity (Wildman–Crippen MR) is 203 cm³/mol. The predicted octanol–water partition coefficient (Wildman–Crippen LogP) is -7.15. The monoisotopic (exact) mass is 844 g/mol. The number of amides is 7. The van der Waals surface area contributed by atoms with Crippen LogP contribution in [-0.4, -0.2) is 162 Å². The topological polar surface area (TPSA) is 438 Å². The smallest absolute Gasteiger partial charge is 0.326 e. The quantitative estimate of drug-likeness (QED) is 0.0144. The molecular formula is C33H56N12O14. The lowest BCUT2D eigenvalue weighted by Crippen LogP contribution is -2.56. The zero-order valence-corrected chi connectivity index (χ0v) is 32.3. The van der Waals surface area contributed by atoms with Gasteiger partial charge in [-0.15, -0.1) is 0 Å². The maximum Gasteiger partial charge on any atom is 0.326 e. The molecule has 1 heterocycles. The highest BCUT2D eigenvalue weighted by molar-refractivity contribution is 6.00. The second-order valence-corrected chi connectivity index (χ2v) is 13.3. The summed E-state index contributed by atoms with van der Waals surface area (Å²) in [6.45, 7) is -2.26. The Bertz CT molecular complexity index is 1520. The average molecular weight is 845 g/mol. The van der Waals surface area contributed by atoms with Crippen LogP contribution in [0.4, 0.5) is 0 Å². The molecule has 59 heavy (non-hydrogen) atoms. The summed E-state index contributed by atoms with van der Waals surface area (Å²) in [5.74, 6) is -13.4. The summed E-state index contributed by atoms with van der Waals surface area (Å²) >= 11 is 0. The van der Waals surface area contributed by atoms with Crippen LogP contribution in [-0.2, 0) is 47.9 Å². The van der Waals surface area contributed by atoms with E-state index in [4.69, 9.17) is 17.2 Å². The molecule has 26 heteroatoms. The first-order chi connectivity index (χ1) is 27.9. The highest BCUT2D eigenvalue weighted by Gasteiger charge is 2.33. The van der Waals surface area contributed by atoms with Gasteiger partial charge in [0.1, 0.15) is 24.2 Å². The summed E-state index contributed by atoms with van der Waals surface area (Å²) in [6, 6.07) is -6.36. The van der Waals surface area contributed by atoms with Crippen molar-refractivity contribution < 1.29 is 68.4 Å². The van der Waals surface area contributed by atoms with Gasteiger partial charge in [0, 0.05) is 19.5 Å². The fourth-order valence-corrected chi connectivity index (χ4v) is 5.40. The van der Waals surface area contributed by atoms with Crippen LogP contribution in [0, 0.1) is 5.92 Å². The third-order valence-corrected chi connectivity index (χ3v) is 8.59. The number of nitrogens with zero attached hydrogens (tertiary/aromatic N) is 1. The number of carboxylic acids is 3. The van der Waals surface area contributed by atoms with Crippen LogP contribution in [0.1, 0.15) is 57.8 Å². The molecule has 1 aliphatic rings. The number of carboxylic acid groups (broad SMARTS) is 3. The van der Waals surface area contributed by atoms with Crippen LogP contribution in [0.5, 0.6) is 0 Å². The van der Waals surface area contributed by atoms with Crippen molar-refractivity contribution in [2.24, 2.45) is 28.1 Å². The minimum Gasteiger partial charge on any atom is -0.481 e. The number of nitrogens with one attached hydrogen (secondary N) is 8. The van der Waals surface area contributed by atoms with Crippen LogP contribution < -0.4 is 59.7 Å². The highest BCUT2D eigenvalue weighted by Crippen LogP contribution is 2.07. The molecule has 6 atom stereocenters. The Labute approximate surface area is 338 Å².